The fraction of sp³-hybridized carbons (Fsp3) is 0.0769. The summed E-state index contributed by atoms with van der Waals surface area (Å²) in [4.78, 5) is 8.52. The van der Waals surface area contributed by atoms with Crippen molar-refractivity contribution in [2.75, 3.05) is 0 Å². The van der Waals surface area contributed by atoms with E-state index >= 15 is 0 Å². The monoisotopic (exact) mass is 283 g/mol. The highest BCUT2D eigenvalue weighted by molar-refractivity contribution is 7.07. The van der Waals surface area contributed by atoms with E-state index < -0.39 is 0 Å². The van der Waals surface area contributed by atoms with Crippen molar-refractivity contribution >= 4 is 22.5 Å². The number of aromatic nitrogens is 5. The van der Waals surface area contributed by atoms with E-state index in [0.717, 1.165) is 0 Å². The standard InChI is InChI=1S/C13H9N5OS/c1-2-10(19-4-1)11-12-13(15-8-14-11)18(17-16-12)6-9-3-5-20-7-9/h1-5,7-8H,6H2. The van der Waals surface area contributed by atoms with Gasteiger partial charge in [-0.3, -0.25) is 0 Å². The largest absolute Gasteiger partial charge is 0.463 e. The highest BCUT2D eigenvalue weighted by Crippen LogP contribution is 2.23. The first kappa shape index (κ1) is 11.3. The van der Waals surface area contributed by atoms with Crippen molar-refractivity contribution < 1.29 is 4.42 Å². The quantitative estimate of drug-likeness (QED) is 0.578. The highest BCUT2D eigenvalue weighted by atomic mass is 32.1. The molecule has 0 saturated heterocycles. The van der Waals surface area contributed by atoms with Crippen LogP contribution in [0.1, 0.15) is 5.56 Å². The Morgan fingerprint density at radius 2 is 2.25 bits per heavy atom. The molecule has 7 heteroatoms. The molecule has 0 spiro atoms. The maximum atomic E-state index is 5.38. The van der Waals surface area contributed by atoms with E-state index in [2.05, 4.69) is 31.7 Å². The molecule has 4 heterocycles. The van der Waals surface area contributed by atoms with Crippen LogP contribution in [0.3, 0.4) is 0 Å². The average molecular weight is 283 g/mol. The van der Waals surface area contributed by atoms with E-state index in [1.54, 1.807) is 22.3 Å². The zero-order valence-electron chi connectivity index (χ0n) is 10.3. The van der Waals surface area contributed by atoms with Gasteiger partial charge in [0.1, 0.15) is 12.0 Å². The molecule has 0 radical (unpaired) electrons. The summed E-state index contributed by atoms with van der Waals surface area (Å²) in [5.74, 6) is 0.667. The molecule has 20 heavy (non-hydrogen) atoms. The third-order valence-corrected chi connectivity index (χ3v) is 3.70. The van der Waals surface area contributed by atoms with Gasteiger partial charge >= 0.3 is 0 Å². The first-order valence-electron chi connectivity index (χ1n) is 6.01. The van der Waals surface area contributed by atoms with E-state index in [9.17, 15) is 0 Å². The minimum Gasteiger partial charge on any atom is -0.463 e. The Bertz CT molecular complexity index is 835. The van der Waals surface area contributed by atoms with E-state index in [1.807, 2.05) is 17.5 Å². The van der Waals surface area contributed by atoms with Crippen molar-refractivity contribution in [2.45, 2.75) is 6.54 Å². The molecular weight excluding hydrogens is 274 g/mol. The van der Waals surface area contributed by atoms with Crippen LogP contribution in [-0.4, -0.2) is 25.0 Å². The molecule has 0 aromatic carbocycles. The van der Waals surface area contributed by atoms with Gasteiger partial charge in [0.25, 0.3) is 0 Å². The van der Waals surface area contributed by atoms with Crippen LogP contribution in [0.5, 0.6) is 0 Å². The van der Waals surface area contributed by atoms with Crippen LogP contribution in [0.4, 0.5) is 0 Å². The Hall–Kier alpha value is -2.54. The van der Waals surface area contributed by atoms with Gasteiger partial charge in [0, 0.05) is 0 Å². The van der Waals surface area contributed by atoms with E-state index in [0.29, 0.717) is 29.2 Å². The summed E-state index contributed by atoms with van der Waals surface area (Å²) in [5.41, 5.74) is 3.20. The van der Waals surface area contributed by atoms with E-state index in [1.165, 1.54) is 11.9 Å². The van der Waals surface area contributed by atoms with Gasteiger partial charge in [0.05, 0.1) is 12.8 Å². The molecule has 4 aromatic rings. The Labute approximate surface area is 117 Å². The summed E-state index contributed by atoms with van der Waals surface area (Å²) < 4.78 is 7.15. The number of nitrogens with zero attached hydrogens (tertiary/aromatic N) is 5. The Morgan fingerprint density at radius 1 is 1.25 bits per heavy atom. The predicted octanol–water partition coefficient (Wildman–Crippen LogP) is 2.59. The van der Waals surface area contributed by atoms with Crippen LogP contribution in [0, 0.1) is 0 Å². The van der Waals surface area contributed by atoms with Crippen LogP contribution in [0.15, 0.2) is 46.0 Å². The summed E-state index contributed by atoms with van der Waals surface area (Å²) in [5, 5.41) is 12.5. The van der Waals surface area contributed by atoms with Gasteiger partial charge in [0.15, 0.2) is 16.9 Å². The van der Waals surface area contributed by atoms with Crippen molar-refractivity contribution in [1.29, 1.82) is 0 Å². The Balaban J connectivity index is 1.84. The lowest BCUT2D eigenvalue weighted by Crippen LogP contribution is -2.02. The van der Waals surface area contributed by atoms with Gasteiger partial charge in [-0.25, -0.2) is 14.6 Å². The zero-order valence-corrected chi connectivity index (χ0v) is 11.1. The molecule has 0 unspecified atom stereocenters. The van der Waals surface area contributed by atoms with Crippen LogP contribution in [0.2, 0.25) is 0 Å². The molecule has 0 fully saturated rings. The molecular formula is C13H9N5OS. The maximum absolute atomic E-state index is 5.38. The van der Waals surface area contributed by atoms with Gasteiger partial charge in [-0.05, 0) is 34.5 Å². The molecule has 0 amide bonds. The van der Waals surface area contributed by atoms with Crippen molar-refractivity contribution in [3.63, 3.8) is 0 Å². The van der Waals surface area contributed by atoms with E-state index in [-0.39, 0.29) is 0 Å². The molecule has 0 aliphatic rings. The molecule has 0 aliphatic heterocycles. The molecule has 4 rings (SSSR count). The van der Waals surface area contributed by atoms with Crippen molar-refractivity contribution in [1.82, 2.24) is 25.0 Å². The SMILES string of the molecule is c1coc(-c2ncnc3c2nnn3Cc2ccsc2)c1. The second-order valence-corrected chi connectivity index (χ2v) is 5.03. The van der Waals surface area contributed by atoms with Crippen LogP contribution in [-0.2, 0) is 6.54 Å². The van der Waals surface area contributed by atoms with Crippen molar-refractivity contribution in [3.05, 3.63) is 47.1 Å². The lowest BCUT2D eigenvalue weighted by molar-refractivity contribution is 0.580. The summed E-state index contributed by atoms with van der Waals surface area (Å²) in [6, 6.07) is 5.73. The van der Waals surface area contributed by atoms with Crippen molar-refractivity contribution in [2.24, 2.45) is 0 Å². The summed E-state index contributed by atoms with van der Waals surface area (Å²) >= 11 is 1.66. The minimum atomic E-state index is 0.647. The smallest absolute Gasteiger partial charge is 0.182 e. The van der Waals surface area contributed by atoms with E-state index in [4.69, 9.17) is 4.42 Å². The molecule has 0 saturated carbocycles. The number of furan rings is 1. The fourth-order valence-electron chi connectivity index (χ4n) is 2.05. The molecule has 0 aliphatic carbocycles. The zero-order chi connectivity index (χ0) is 13.4. The molecule has 0 N–H and O–H groups in total. The van der Waals surface area contributed by atoms with Crippen LogP contribution < -0.4 is 0 Å². The molecule has 98 valence electrons. The lowest BCUT2D eigenvalue weighted by Gasteiger charge is -2.00. The highest BCUT2D eigenvalue weighted by Gasteiger charge is 2.15. The number of hydrogen-bond donors (Lipinski definition) is 0. The van der Waals surface area contributed by atoms with Gasteiger partial charge in [-0.1, -0.05) is 5.21 Å². The second-order valence-electron chi connectivity index (χ2n) is 4.25. The van der Waals surface area contributed by atoms with Gasteiger partial charge < -0.3 is 4.42 Å². The Kier molecular flexibility index (Phi) is 2.56. The Morgan fingerprint density at radius 3 is 3.05 bits per heavy atom. The van der Waals surface area contributed by atoms with Crippen molar-refractivity contribution in [3.8, 4) is 11.5 Å². The lowest BCUT2D eigenvalue weighted by atomic mass is 10.3. The summed E-state index contributed by atoms with van der Waals surface area (Å²) in [7, 11) is 0. The first-order chi connectivity index (χ1) is 9.92. The molecule has 4 aromatic heterocycles. The topological polar surface area (TPSA) is 69.6 Å². The maximum Gasteiger partial charge on any atom is 0.182 e. The molecule has 6 nitrogen and oxygen atoms in total. The number of fused-ring (bicyclic) bond motifs is 1. The predicted molar refractivity (Wildman–Crippen MR) is 74.2 cm³/mol. The third-order valence-electron chi connectivity index (χ3n) is 2.97. The second kappa shape index (κ2) is 4.53. The number of rotatable bonds is 3. The summed E-state index contributed by atoms with van der Waals surface area (Å²) in [6.45, 7) is 0.647. The van der Waals surface area contributed by atoms with Gasteiger partial charge in [0.2, 0.25) is 0 Å². The fourth-order valence-corrected chi connectivity index (χ4v) is 2.71. The van der Waals surface area contributed by atoms with Gasteiger partial charge in [-0.2, -0.15) is 11.3 Å². The van der Waals surface area contributed by atoms with Gasteiger partial charge in [-0.15, -0.1) is 5.10 Å². The van der Waals surface area contributed by atoms with Crippen LogP contribution in [0.25, 0.3) is 22.6 Å². The minimum absolute atomic E-state index is 0.647. The molecule has 0 bridgehead atoms. The third kappa shape index (κ3) is 1.79. The summed E-state index contributed by atoms with van der Waals surface area (Å²) in [6.07, 6.45) is 3.12. The molecule has 0 atom stereocenters. The first-order valence-corrected chi connectivity index (χ1v) is 6.95. The number of hydrogen-bond acceptors (Lipinski definition) is 6. The van der Waals surface area contributed by atoms with Crippen LogP contribution >= 0.6 is 11.3 Å². The number of thiophene rings is 1. The average Bonchev–Trinajstić information content (AvgIpc) is 3.20. The normalized spacial score (nSPS) is 11.2.